The Morgan fingerprint density at radius 3 is 2.57 bits per heavy atom. The maximum absolute atomic E-state index is 14.4. The molecule has 156 valence electrons. The molecule has 4 nitrogen and oxygen atoms in total. The minimum Gasteiger partial charge on any atom is -0.349 e. The van der Waals surface area contributed by atoms with E-state index < -0.39 is 23.6 Å². The lowest BCUT2D eigenvalue weighted by molar-refractivity contribution is -0.134. The summed E-state index contributed by atoms with van der Waals surface area (Å²) in [5.41, 5.74) is 0.803. The second-order valence-corrected chi connectivity index (χ2v) is 9.13. The number of amides is 2. The molecule has 30 heavy (non-hydrogen) atoms. The molecule has 1 N–H and O–H groups in total. The zero-order valence-corrected chi connectivity index (χ0v) is 17.9. The van der Waals surface area contributed by atoms with Gasteiger partial charge in [0.05, 0.1) is 18.5 Å². The molecule has 1 aliphatic rings. The summed E-state index contributed by atoms with van der Waals surface area (Å²) < 4.78 is 28.8. The van der Waals surface area contributed by atoms with E-state index in [1.54, 1.807) is 27.6 Å². The Morgan fingerprint density at radius 1 is 1.13 bits per heavy atom. The van der Waals surface area contributed by atoms with Gasteiger partial charge in [-0.05, 0) is 47.0 Å². The number of nitrogens with one attached hydrogen (secondary N) is 1. The summed E-state index contributed by atoms with van der Waals surface area (Å²) in [5.74, 6) is -2.28. The van der Waals surface area contributed by atoms with Crippen molar-refractivity contribution in [1.29, 1.82) is 0 Å². The summed E-state index contributed by atoms with van der Waals surface area (Å²) in [7, 11) is 0. The molecule has 0 bridgehead atoms. The number of carbonyl (C=O) groups excluding carboxylic acids is 2. The van der Waals surface area contributed by atoms with Crippen molar-refractivity contribution in [2.75, 3.05) is 6.54 Å². The van der Waals surface area contributed by atoms with Crippen LogP contribution in [0.4, 0.5) is 8.78 Å². The largest absolute Gasteiger partial charge is 0.349 e. The van der Waals surface area contributed by atoms with Crippen LogP contribution in [-0.2, 0) is 16.0 Å². The van der Waals surface area contributed by atoms with Crippen molar-refractivity contribution in [2.45, 2.75) is 31.8 Å². The van der Waals surface area contributed by atoms with Gasteiger partial charge in [0.15, 0.2) is 0 Å². The van der Waals surface area contributed by atoms with Crippen LogP contribution in [0.2, 0.25) is 0 Å². The van der Waals surface area contributed by atoms with E-state index in [0.29, 0.717) is 6.54 Å². The Bertz CT molecular complexity index is 1040. The van der Waals surface area contributed by atoms with Crippen molar-refractivity contribution in [1.82, 2.24) is 10.2 Å². The Balaban J connectivity index is 1.66. The summed E-state index contributed by atoms with van der Waals surface area (Å²) in [6, 6.07) is 8.18. The van der Waals surface area contributed by atoms with Crippen LogP contribution in [0.15, 0.2) is 47.2 Å². The summed E-state index contributed by atoms with van der Waals surface area (Å²) in [5, 5.41) is 6.54. The molecule has 2 atom stereocenters. The van der Waals surface area contributed by atoms with Crippen molar-refractivity contribution in [3.05, 3.63) is 79.7 Å². The molecular weight excluding hydrogens is 426 g/mol. The second kappa shape index (κ2) is 8.65. The van der Waals surface area contributed by atoms with Gasteiger partial charge in [0, 0.05) is 28.8 Å². The van der Waals surface area contributed by atoms with Gasteiger partial charge < -0.3 is 10.2 Å². The highest BCUT2D eigenvalue weighted by Crippen LogP contribution is 2.40. The number of thiophene rings is 2. The SMILES string of the molecule is CC(=O)NC(CC(=O)N1CCc2sccc2C1c1cccs1)c1c(F)cccc1F. The van der Waals surface area contributed by atoms with Crippen LogP contribution in [0.25, 0.3) is 0 Å². The molecular formula is C22H20F2N2O2S2. The summed E-state index contributed by atoms with van der Waals surface area (Å²) in [4.78, 5) is 29.1. The van der Waals surface area contributed by atoms with Gasteiger partial charge in [0.2, 0.25) is 11.8 Å². The van der Waals surface area contributed by atoms with Gasteiger partial charge in [-0.25, -0.2) is 8.78 Å². The van der Waals surface area contributed by atoms with Gasteiger partial charge in [0.25, 0.3) is 0 Å². The molecule has 4 rings (SSSR count). The zero-order chi connectivity index (χ0) is 21.3. The van der Waals surface area contributed by atoms with Crippen molar-refractivity contribution >= 4 is 34.5 Å². The first-order chi connectivity index (χ1) is 14.5. The highest BCUT2D eigenvalue weighted by Gasteiger charge is 2.35. The van der Waals surface area contributed by atoms with Gasteiger partial charge in [0.1, 0.15) is 11.6 Å². The molecule has 1 aliphatic heterocycles. The van der Waals surface area contributed by atoms with Crippen molar-refractivity contribution < 1.29 is 18.4 Å². The summed E-state index contributed by atoms with van der Waals surface area (Å²) >= 11 is 3.24. The predicted octanol–water partition coefficient (Wildman–Crippen LogP) is 4.83. The van der Waals surface area contributed by atoms with E-state index in [0.717, 1.165) is 29.0 Å². The molecule has 0 aliphatic carbocycles. The van der Waals surface area contributed by atoms with E-state index in [2.05, 4.69) is 5.32 Å². The van der Waals surface area contributed by atoms with Crippen LogP contribution >= 0.6 is 22.7 Å². The Hall–Kier alpha value is -2.58. The van der Waals surface area contributed by atoms with Gasteiger partial charge in [-0.1, -0.05) is 12.1 Å². The number of hydrogen-bond donors (Lipinski definition) is 1. The molecule has 0 spiro atoms. The van der Waals surface area contributed by atoms with Gasteiger partial charge in [-0.2, -0.15) is 0 Å². The van der Waals surface area contributed by atoms with E-state index in [1.165, 1.54) is 17.9 Å². The molecule has 3 heterocycles. The van der Waals surface area contributed by atoms with E-state index in [4.69, 9.17) is 0 Å². The van der Waals surface area contributed by atoms with Gasteiger partial charge in [-0.3, -0.25) is 9.59 Å². The third-order valence-electron chi connectivity index (χ3n) is 5.20. The summed E-state index contributed by atoms with van der Waals surface area (Å²) in [6.07, 6.45) is 0.512. The monoisotopic (exact) mass is 446 g/mol. The van der Waals surface area contributed by atoms with Crippen LogP contribution in [0, 0.1) is 11.6 Å². The Kier molecular flexibility index (Phi) is 5.97. The molecule has 0 fully saturated rings. The quantitative estimate of drug-likeness (QED) is 0.610. The predicted molar refractivity (Wildman–Crippen MR) is 113 cm³/mol. The van der Waals surface area contributed by atoms with Gasteiger partial charge in [-0.15, -0.1) is 22.7 Å². The fraction of sp³-hybridized carbons (Fsp3) is 0.273. The molecule has 2 unspecified atom stereocenters. The van der Waals surface area contributed by atoms with Crippen LogP contribution in [-0.4, -0.2) is 23.3 Å². The number of benzene rings is 1. The average molecular weight is 447 g/mol. The molecule has 8 heteroatoms. The third-order valence-corrected chi connectivity index (χ3v) is 7.12. The van der Waals surface area contributed by atoms with E-state index >= 15 is 0 Å². The van der Waals surface area contributed by atoms with Crippen LogP contribution in [0.5, 0.6) is 0 Å². The number of fused-ring (bicyclic) bond motifs is 1. The first-order valence-electron chi connectivity index (χ1n) is 9.56. The molecule has 0 saturated carbocycles. The van der Waals surface area contributed by atoms with Crippen molar-refractivity contribution in [2.24, 2.45) is 0 Å². The maximum Gasteiger partial charge on any atom is 0.225 e. The molecule has 2 aromatic heterocycles. The van der Waals surface area contributed by atoms with Crippen LogP contribution < -0.4 is 5.32 Å². The lowest BCUT2D eigenvalue weighted by Gasteiger charge is -2.36. The Morgan fingerprint density at radius 2 is 1.90 bits per heavy atom. The van der Waals surface area contributed by atoms with Crippen molar-refractivity contribution in [3.8, 4) is 0 Å². The number of halogens is 2. The number of rotatable bonds is 5. The van der Waals surface area contributed by atoms with Crippen LogP contribution in [0.3, 0.4) is 0 Å². The first kappa shape index (κ1) is 20.7. The number of nitrogens with zero attached hydrogens (tertiary/aromatic N) is 1. The molecule has 2 amide bonds. The number of carbonyl (C=O) groups is 2. The fourth-order valence-corrected chi connectivity index (χ4v) is 5.70. The third kappa shape index (κ3) is 4.02. The normalized spacial score (nSPS) is 16.8. The lowest BCUT2D eigenvalue weighted by atomic mass is 9.96. The molecule has 0 saturated heterocycles. The van der Waals surface area contributed by atoms with E-state index in [1.807, 2.05) is 29.0 Å². The topological polar surface area (TPSA) is 49.4 Å². The lowest BCUT2D eigenvalue weighted by Crippen LogP contribution is -2.42. The van der Waals surface area contributed by atoms with Gasteiger partial charge >= 0.3 is 0 Å². The highest BCUT2D eigenvalue weighted by molar-refractivity contribution is 7.10. The summed E-state index contributed by atoms with van der Waals surface area (Å²) in [6.45, 7) is 1.78. The van der Waals surface area contributed by atoms with Crippen molar-refractivity contribution in [3.63, 3.8) is 0 Å². The highest BCUT2D eigenvalue weighted by atomic mass is 32.1. The fourth-order valence-electron chi connectivity index (χ4n) is 3.94. The van der Waals surface area contributed by atoms with Crippen LogP contribution in [0.1, 0.15) is 46.3 Å². The standard InChI is InChI=1S/C22H20F2N2O2S2/c1-13(27)25-17(21-15(23)4-2-5-16(21)24)12-20(28)26-9-7-18-14(8-11-30-18)22(26)19-6-3-10-29-19/h2-6,8,10-11,17,22H,7,9,12H2,1H3,(H,25,27). The minimum absolute atomic E-state index is 0.223. The average Bonchev–Trinajstić information content (AvgIpc) is 3.38. The molecule has 1 aromatic carbocycles. The minimum atomic E-state index is -1.08. The second-order valence-electron chi connectivity index (χ2n) is 7.15. The maximum atomic E-state index is 14.4. The molecule has 0 radical (unpaired) electrons. The molecule has 3 aromatic rings. The number of hydrogen-bond acceptors (Lipinski definition) is 4. The Labute approximate surface area is 181 Å². The van der Waals surface area contributed by atoms with E-state index in [9.17, 15) is 18.4 Å². The van der Waals surface area contributed by atoms with E-state index in [-0.39, 0.29) is 23.9 Å². The smallest absolute Gasteiger partial charge is 0.225 e. The zero-order valence-electron chi connectivity index (χ0n) is 16.2. The first-order valence-corrected chi connectivity index (χ1v) is 11.3.